The number of aliphatic hydroxyl groups excluding tert-OH is 1. The third kappa shape index (κ3) is 6.74. The molecule has 0 amide bonds. The van der Waals surface area contributed by atoms with Crippen LogP contribution < -0.4 is 4.74 Å². The Hall–Kier alpha value is -1.34. The zero-order valence-corrected chi connectivity index (χ0v) is 13.1. The molecule has 132 valence electrons. The molecule has 0 saturated carbocycles. The van der Waals surface area contributed by atoms with Gasteiger partial charge >= 0.3 is 12.3 Å². The van der Waals surface area contributed by atoms with Crippen molar-refractivity contribution in [3.8, 4) is 5.75 Å². The van der Waals surface area contributed by atoms with Crippen molar-refractivity contribution in [2.75, 3.05) is 19.8 Å². The van der Waals surface area contributed by atoms with Crippen LogP contribution in [0.25, 0.3) is 0 Å². The van der Waals surface area contributed by atoms with E-state index < -0.39 is 31.7 Å². The van der Waals surface area contributed by atoms with Crippen molar-refractivity contribution in [3.63, 3.8) is 0 Å². The number of halogens is 4. The minimum Gasteiger partial charge on any atom is -0.491 e. The number of ether oxygens (including phenoxy) is 2. The van der Waals surface area contributed by atoms with Gasteiger partial charge in [-0.2, -0.15) is 8.78 Å². The minimum absolute atomic E-state index is 0.178. The third-order valence-electron chi connectivity index (χ3n) is 3.43. The maximum atomic E-state index is 12.6. The topological polar surface area (TPSA) is 38.7 Å². The van der Waals surface area contributed by atoms with Crippen LogP contribution in [0.4, 0.5) is 17.6 Å². The van der Waals surface area contributed by atoms with E-state index in [1.54, 1.807) is 12.1 Å². The molecule has 0 bridgehead atoms. The molecule has 0 unspecified atom stereocenters. The molecule has 0 saturated heterocycles. The zero-order chi connectivity index (χ0) is 17.5. The molecule has 23 heavy (non-hydrogen) atoms. The van der Waals surface area contributed by atoms with Crippen LogP contribution in [0.1, 0.15) is 31.7 Å². The van der Waals surface area contributed by atoms with Crippen molar-refractivity contribution < 1.29 is 32.1 Å². The molecular weight excluding hydrogens is 316 g/mol. The predicted octanol–water partition coefficient (Wildman–Crippen LogP) is 3.86. The van der Waals surface area contributed by atoms with Crippen molar-refractivity contribution in [2.24, 2.45) is 0 Å². The second-order valence-corrected chi connectivity index (χ2v) is 5.42. The smallest absolute Gasteiger partial charge is 0.330 e. The van der Waals surface area contributed by atoms with Gasteiger partial charge in [0.2, 0.25) is 0 Å². The number of hydrogen-bond acceptors (Lipinski definition) is 3. The van der Waals surface area contributed by atoms with E-state index in [1.165, 1.54) is 0 Å². The molecule has 0 aliphatic rings. The maximum Gasteiger partial charge on any atom is 0.330 e. The SMILES string of the molecule is CC[C@H](C)c1ccc(OC[C@@H](O)COCC(F)(F)C(F)F)cc1. The van der Waals surface area contributed by atoms with Crippen LogP contribution in [-0.2, 0) is 4.74 Å². The first-order valence-electron chi connectivity index (χ1n) is 7.40. The lowest BCUT2D eigenvalue weighted by atomic mass is 9.99. The van der Waals surface area contributed by atoms with Gasteiger partial charge in [-0.15, -0.1) is 0 Å². The Labute approximate surface area is 133 Å². The van der Waals surface area contributed by atoms with Gasteiger partial charge < -0.3 is 14.6 Å². The number of alkyl halides is 4. The lowest BCUT2D eigenvalue weighted by Gasteiger charge is -2.17. The van der Waals surface area contributed by atoms with Gasteiger partial charge in [0.1, 0.15) is 25.1 Å². The highest BCUT2D eigenvalue weighted by Gasteiger charge is 2.41. The Kier molecular flexibility index (Phi) is 7.78. The molecule has 0 radical (unpaired) electrons. The van der Waals surface area contributed by atoms with Crippen molar-refractivity contribution in [1.29, 1.82) is 0 Å². The molecule has 3 nitrogen and oxygen atoms in total. The van der Waals surface area contributed by atoms with Crippen LogP contribution >= 0.6 is 0 Å². The van der Waals surface area contributed by atoms with Gasteiger partial charge in [-0.3, -0.25) is 0 Å². The Morgan fingerprint density at radius 3 is 2.26 bits per heavy atom. The zero-order valence-electron chi connectivity index (χ0n) is 13.1. The Morgan fingerprint density at radius 2 is 1.74 bits per heavy atom. The second-order valence-electron chi connectivity index (χ2n) is 5.42. The molecule has 1 N–H and O–H groups in total. The predicted molar refractivity (Wildman–Crippen MR) is 78.4 cm³/mol. The first-order valence-corrected chi connectivity index (χ1v) is 7.40. The lowest BCUT2D eigenvalue weighted by Crippen LogP contribution is -2.34. The van der Waals surface area contributed by atoms with Crippen molar-refractivity contribution >= 4 is 0 Å². The molecular formula is C16H22F4O3. The molecule has 0 fully saturated rings. The Bertz CT molecular complexity index is 451. The first kappa shape index (κ1) is 19.7. The van der Waals surface area contributed by atoms with Gasteiger partial charge in [0.05, 0.1) is 6.61 Å². The molecule has 1 aromatic carbocycles. The minimum atomic E-state index is -4.22. The number of benzene rings is 1. The van der Waals surface area contributed by atoms with E-state index in [9.17, 15) is 22.7 Å². The highest BCUT2D eigenvalue weighted by Crippen LogP contribution is 2.23. The van der Waals surface area contributed by atoms with E-state index in [1.807, 2.05) is 12.1 Å². The molecule has 2 atom stereocenters. The fraction of sp³-hybridized carbons (Fsp3) is 0.625. The first-order chi connectivity index (χ1) is 10.8. The highest BCUT2D eigenvalue weighted by atomic mass is 19.3. The highest BCUT2D eigenvalue weighted by molar-refractivity contribution is 5.29. The summed E-state index contributed by atoms with van der Waals surface area (Å²) in [5.74, 6) is -3.26. The lowest BCUT2D eigenvalue weighted by molar-refractivity contribution is -0.171. The van der Waals surface area contributed by atoms with E-state index in [2.05, 4.69) is 18.6 Å². The summed E-state index contributed by atoms with van der Waals surface area (Å²) in [6.07, 6.45) is -3.96. The summed E-state index contributed by atoms with van der Waals surface area (Å²) in [6, 6.07) is 7.32. The van der Waals surface area contributed by atoms with E-state index in [4.69, 9.17) is 4.74 Å². The third-order valence-corrected chi connectivity index (χ3v) is 3.43. The standard InChI is InChI=1S/C16H22F4O3/c1-3-11(2)12-4-6-14(7-5-12)23-9-13(21)8-22-10-16(19,20)15(17)18/h4-7,11,13,15,21H,3,8-10H2,1-2H3/t11-,13-/m0/s1. The second kappa shape index (κ2) is 9.08. The summed E-state index contributed by atoms with van der Waals surface area (Å²) >= 11 is 0. The van der Waals surface area contributed by atoms with Gasteiger partial charge in [0.25, 0.3) is 0 Å². The largest absolute Gasteiger partial charge is 0.491 e. The summed E-state index contributed by atoms with van der Waals surface area (Å²) in [7, 11) is 0. The normalized spacial score (nSPS) is 14.8. The van der Waals surface area contributed by atoms with Crippen LogP contribution in [0.15, 0.2) is 24.3 Å². The van der Waals surface area contributed by atoms with Crippen LogP contribution in [0.3, 0.4) is 0 Å². The van der Waals surface area contributed by atoms with Gasteiger partial charge in [-0.25, -0.2) is 8.78 Å². The van der Waals surface area contributed by atoms with E-state index in [0.717, 1.165) is 12.0 Å². The van der Waals surface area contributed by atoms with Crippen molar-refractivity contribution in [2.45, 2.75) is 44.6 Å². The summed E-state index contributed by atoms with van der Waals surface area (Å²) < 4.78 is 58.7. The summed E-state index contributed by atoms with van der Waals surface area (Å²) in [5.41, 5.74) is 1.16. The van der Waals surface area contributed by atoms with Gasteiger partial charge in [-0.1, -0.05) is 26.0 Å². The van der Waals surface area contributed by atoms with Crippen LogP contribution in [-0.4, -0.2) is 43.4 Å². The Balaban J connectivity index is 2.32. The molecule has 0 aromatic heterocycles. The average molecular weight is 338 g/mol. The number of hydrogen-bond donors (Lipinski definition) is 1. The van der Waals surface area contributed by atoms with Gasteiger partial charge in [0.15, 0.2) is 0 Å². The monoisotopic (exact) mass is 338 g/mol. The molecule has 7 heteroatoms. The van der Waals surface area contributed by atoms with Crippen molar-refractivity contribution in [1.82, 2.24) is 0 Å². The van der Waals surface area contributed by atoms with Crippen molar-refractivity contribution in [3.05, 3.63) is 29.8 Å². The summed E-state index contributed by atoms with van der Waals surface area (Å²) in [4.78, 5) is 0. The molecule has 0 heterocycles. The molecule has 1 aromatic rings. The van der Waals surface area contributed by atoms with Crippen LogP contribution in [0, 0.1) is 0 Å². The Morgan fingerprint density at radius 1 is 1.13 bits per heavy atom. The summed E-state index contributed by atoms with van der Waals surface area (Å²) in [5, 5.41) is 9.54. The fourth-order valence-electron chi connectivity index (χ4n) is 1.76. The number of rotatable bonds is 10. The van der Waals surface area contributed by atoms with Gasteiger partial charge in [0, 0.05) is 0 Å². The van der Waals surface area contributed by atoms with Crippen LogP contribution in [0.2, 0.25) is 0 Å². The molecule has 0 aliphatic carbocycles. The fourth-order valence-corrected chi connectivity index (χ4v) is 1.76. The quantitative estimate of drug-likeness (QED) is 0.659. The molecule has 0 spiro atoms. The van der Waals surface area contributed by atoms with E-state index in [-0.39, 0.29) is 6.61 Å². The molecule has 1 rings (SSSR count). The van der Waals surface area contributed by atoms with Crippen LogP contribution in [0.5, 0.6) is 5.75 Å². The molecule has 0 aliphatic heterocycles. The van der Waals surface area contributed by atoms with Gasteiger partial charge in [-0.05, 0) is 30.0 Å². The van der Waals surface area contributed by atoms with E-state index in [0.29, 0.717) is 11.7 Å². The maximum absolute atomic E-state index is 12.6. The summed E-state index contributed by atoms with van der Waals surface area (Å²) in [6.45, 7) is 2.07. The van der Waals surface area contributed by atoms with E-state index >= 15 is 0 Å². The average Bonchev–Trinajstić information content (AvgIpc) is 2.52. The number of aliphatic hydroxyl groups is 1.